The first-order valence-corrected chi connectivity index (χ1v) is 15.1. The molecule has 0 bridgehead atoms. The van der Waals surface area contributed by atoms with Crippen LogP contribution in [0.4, 0.5) is 9.52 Å². The molecular weight excluding hydrogens is 581 g/mol. The third-order valence-electron chi connectivity index (χ3n) is 6.34. The molecule has 1 atom stereocenters. The SMILES string of the molecule is CCCOc1ccc(C2C(C(=O)c3ccc(C)o3)=C(O)C(=O)N2c2nnc(SCc3ccc(F)cc3)s2)cc1OCC. The van der Waals surface area contributed by atoms with Crippen molar-refractivity contribution in [2.75, 3.05) is 18.1 Å². The van der Waals surface area contributed by atoms with Gasteiger partial charge in [0.2, 0.25) is 10.9 Å². The molecule has 42 heavy (non-hydrogen) atoms. The van der Waals surface area contributed by atoms with Crippen molar-refractivity contribution in [3.8, 4) is 11.5 Å². The molecule has 4 aromatic rings. The number of carbonyl (C=O) groups excluding carboxylic acids is 2. The average molecular weight is 610 g/mol. The van der Waals surface area contributed by atoms with Crippen molar-refractivity contribution in [1.82, 2.24) is 10.2 Å². The zero-order valence-corrected chi connectivity index (χ0v) is 24.8. The number of anilines is 1. The summed E-state index contributed by atoms with van der Waals surface area (Å²) in [6.07, 6.45) is 0.800. The summed E-state index contributed by atoms with van der Waals surface area (Å²) in [6.45, 7) is 6.38. The highest BCUT2D eigenvalue weighted by molar-refractivity contribution is 8.00. The average Bonchev–Trinajstić information content (AvgIpc) is 3.70. The number of aliphatic hydroxyl groups is 1. The van der Waals surface area contributed by atoms with Crippen LogP contribution >= 0.6 is 23.1 Å². The Morgan fingerprint density at radius 2 is 1.88 bits per heavy atom. The third-order valence-corrected chi connectivity index (χ3v) is 8.47. The maximum absolute atomic E-state index is 13.7. The van der Waals surface area contributed by atoms with E-state index in [9.17, 15) is 19.1 Å². The molecule has 1 aliphatic rings. The van der Waals surface area contributed by atoms with Gasteiger partial charge in [-0.25, -0.2) is 4.39 Å². The van der Waals surface area contributed by atoms with Crippen molar-refractivity contribution in [2.45, 2.75) is 43.3 Å². The number of amides is 1. The summed E-state index contributed by atoms with van der Waals surface area (Å²) in [6, 6.07) is 13.4. The van der Waals surface area contributed by atoms with Crippen molar-refractivity contribution >= 4 is 39.9 Å². The topological polar surface area (TPSA) is 115 Å². The van der Waals surface area contributed by atoms with Gasteiger partial charge in [-0.2, -0.15) is 0 Å². The summed E-state index contributed by atoms with van der Waals surface area (Å²) in [5.74, 6) is -0.447. The molecule has 12 heteroatoms. The van der Waals surface area contributed by atoms with Gasteiger partial charge in [0.25, 0.3) is 5.91 Å². The number of aliphatic hydroxyl groups excluding tert-OH is 1. The Bertz CT molecular complexity index is 1630. The molecule has 0 radical (unpaired) electrons. The number of aryl methyl sites for hydroxylation is 1. The van der Waals surface area contributed by atoms with Crippen LogP contribution in [0.5, 0.6) is 11.5 Å². The number of hydrogen-bond acceptors (Lipinski definition) is 10. The minimum absolute atomic E-state index is 0.00515. The van der Waals surface area contributed by atoms with Crippen LogP contribution in [0.25, 0.3) is 0 Å². The summed E-state index contributed by atoms with van der Waals surface area (Å²) < 4.78 is 31.1. The van der Waals surface area contributed by atoms with Crippen LogP contribution in [0.3, 0.4) is 0 Å². The Morgan fingerprint density at radius 3 is 2.57 bits per heavy atom. The van der Waals surface area contributed by atoms with E-state index >= 15 is 0 Å². The number of hydrogen-bond donors (Lipinski definition) is 1. The van der Waals surface area contributed by atoms with Crippen LogP contribution in [0.2, 0.25) is 0 Å². The van der Waals surface area contributed by atoms with E-state index in [4.69, 9.17) is 13.9 Å². The Kier molecular flexibility index (Phi) is 8.93. The second-order valence-electron chi connectivity index (χ2n) is 9.33. The number of rotatable bonds is 12. The number of furan rings is 1. The van der Waals surface area contributed by atoms with Crippen LogP contribution in [0.15, 0.2) is 74.7 Å². The quantitative estimate of drug-likeness (QED) is 0.105. The largest absolute Gasteiger partial charge is 0.503 e. The van der Waals surface area contributed by atoms with E-state index < -0.39 is 23.5 Å². The highest BCUT2D eigenvalue weighted by Gasteiger charge is 2.47. The van der Waals surface area contributed by atoms with Gasteiger partial charge in [-0.3, -0.25) is 14.5 Å². The van der Waals surface area contributed by atoms with Gasteiger partial charge in [0, 0.05) is 5.75 Å². The summed E-state index contributed by atoms with van der Waals surface area (Å²) >= 11 is 2.52. The molecule has 0 fully saturated rings. The third kappa shape index (κ3) is 6.04. The zero-order valence-electron chi connectivity index (χ0n) is 23.1. The first-order valence-electron chi connectivity index (χ1n) is 13.3. The lowest BCUT2D eigenvalue weighted by molar-refractivity contribution is -0.117. The van der Waals surface area contributed by atoms with E-state index in [2.05, 4.69) is 10.2 Å². The molecule has 3 heterocycles. The maximum Gasteiger partial charge on any atom is 0.296 e. The Balaban J connectivity index is 1.53. The van der Waals surface area contributed by atoms with E-state index in [1.54, 1.807) is 43.3 Å². The van der Waals surface area contributed by atoms with Crippen LogP contribution in [-0.4, -0.2) is 40.2 Å². The van der Waals surface area contributed by atoms with Crippen molar-refractivity contribution in [2.24, 2.45) is 0 Å². The molecule has 0 aliphatic carbocycles. The van der Waals surface area contributed by atoms with E-state index in [0.717, 1.165) is 23.3 Å². The minimum atomic E-state index is -1.04. The molecular formula is C30H28FN3O6S2. The van der Waals surface area contributed by atoms with Gasteiger partial charge in [-0.1, -0.05) is 48.2 Å². The van der Waals surface area contributed by atoms with Gasteiger partial charge < -0.3 is 19.0 Å². The second kappa shape index (κ2) is 12.8. The highest BCUT2D eigenvalue weighted by Crippen LogP contribution is 2.45. The number of benzene rings is 2. The second-order valence-corrected chi connectivity index (χ2v) is 11.5. The number of ketones is 1. The molecule has 2 aromatic carbocycles. The fraction of sp³-hybridized carbons (Fsp3) is 0.267. The number of halogens is 1. The fourth-order valence-corrected chi connectivity index (χ4v) is 6.24. The number of carbonyl (C=O) groups is 2. The van der Waals surface area contributed by atoms with Gasteiger partial charge in [-0.05, 0) is 67.8 Å². The molecule has 218 valence electrons. The molecule has 0 saturated carbocycles. The molecule has 5 rings (SSSR count). The lowest BCUT2D eigenvalue weighted by Gasteiger charge is -2.24. The molecule has 9 nitrogen and oxygen atoms in total. The van der Waals surface area contributed by atoms with Crippen LogP contribution < -0.4 is 14.4 Å². The maximum atomic E-state index is 13.7. The summed E-state index contributed by atoms with van der Waals surface area (Å²) in [4.78, 5) is 28.5. The Morgan fingerprint density at radius 1 is 1.10 bits per heavy atom. The van der Waals surface area contributed by atoms with Crippen molar-refractivity contribution < 1.29 is 33.0 Å². The minimum Gasteiger partial charge on any atom is -0.503 e. The van der Waals surface area contributed by atoms with E-state index in [-0.39, 0.29) is 22.3 Å². The Labute approximate surface area is 250 Å². The van der Waals surface area contributed by atoms with Crippen molar-refractivity contribution in [1.29, 1.82) is 0 Å². The standard InChI is InChI=1S/C30H28FN3O6S2/c1-4-14-39-21-13-9-19(15-23(21)38-5-2)25-24(26(35)22-12-6-17(3)40-22)27(36)28(37)34(25)29-32-33-30(42-29)41-16-18-7-10-20(31)11-8-18/h6-13,15,25,36H,4-5,14,16H2,1-3H3. The van der Waals surface area contributed by atoms with Gasteiger partial charge >= 0.3 is 0 Å². The zero-order chi connectivity index (χ0) is 29.8. The van der Waals surface area contributed by atoms with Gasteiger partial charge in [-0.15, -0.1) is 10.2 Å². The lowest BCUT2D eigenvalue weighted by atomic mass is 9.95. The molecule has 1 unspecified atom stereocenters. The number of nitrogens with zero attached hydrogens (tertiary/aromatic N) is 3. The predicted octanol–water partition coefficient (Wildman–Crippen LogP) is 6.84. The summed E-state index contributed by atoms with van der Waals surface area (Å²) in [5.41, 5.74) is 1.25. The first kappa shape index (κ1) is 29.3. The molecule has 0 saturated heterocycles. The van der Waals surface area contributed by atoms with Gasteiger partial charge in [0.05, 0.1) is 24.8 Å². The van der Waals surface area contributed by atoms with Crippen LogP contribution in [-0.2, 0) is 10.5 Å². The number of aromatic nitrogens is 2. The molecule has 1 amide bonds. The number of thioether (sulfide) groups is 1. The number of Topliss-reactive ketones (excluding diaryl/α,β-unsaturated/α-hetero) is 1. The molecule has 1 aliphatic heterocycles. The van der Waals surface area contributed by atoms with Gasteiger partial charge in [0.15, 0.2) is 27.4 Å². The summed E-state index contributed by atoms with van der Waals surface area (Å²) in [5, 5.41) is 19.7. The fourth-order valence-electron chi connectivity index (χ4n) is 4.42. The summed E-state index contributed by atoms with van der Waals surface area (Å²) in [7, 11) is 0. The predicted molar refractivity (Wildman–Crippen MR) is 157 cm³/mol. The van der Waals surface area contributed by atoms with E-state index in [1.807, 2.05) is 13.8 Å². The number of ether oxygens (including phenoxy) is 2. The molecule has 2 aromatic heterocycles. The van der Waals surface area contributed by atoms with Crippen molar-refractivity contribution in [3.63, 3.8) is 0 Å². The highest BCUT2D eigenvalue weighted by atomic mass is 32.2. The monoisotopic (exact) mass is 609 g/mol. The molecule has 1 N–H and O–H groups in total. The van der Waals surface area contributed by atoms with Crippen LogP contribution in [0.1, 0.15) is 53.8 Å². The van der Waals surface area contributed by atoms with Crippen molar-refractivity contribution in [3.05, 3.63) is 94.4 Å². The first-order chi connectivity index (χ1) is 20.3. The normalized spacial score (nSPS) is 15.0. The van der Waals surface area contributed by atoms with Crippen LogP contribution in [0, 0.1) is 12.7 Å². The molecule has 0 spiro atoms. The van der Waals surface area contributed by atoms with E-state index in [0.29, 0.717) is 46.1 Å². The van der Waals surface area contributed by atoms with Gasteiger partial charge in [0.1, 0.15) is 11.6 Å². The van der Waals surface area contributed by atoms with E-state index in [1.165, 1.54) is 34.9 Å². The lowest BCUT2D eigenvalue weighted by Crippen LogP contribution is -2.31. The smallest absolute Gasteiger partial charge is 0.296 e. The Hall–Kier alpha value is -4.16.